The highest BCUT2D eigenvalue weighted by atomic mass is 16.5. The third-order valence-corrected chi connectivity index (χ3v) is 6.41. The average Bonchev–Trinajstić information content (AvgIpc) is 3.50. The molecule has 0 bridgehead atoms. The number of carbonyl (C=O) groups excluding carboxylic acids is 4. The van der Waals surface area contributed by atoms with Crippen LogP contribution in [0, 0.1) is 0 Å². The van der Waals surface area contributed by atoms with E-state index in [0.717, 1.165) is 18.0 Å². The predicted molar refractivity (Wildman–Crippen MR) is 148 cm³/mol. The molecule has 1 saturated heterocycles. The minimum atomic E-state index is -1.66. The summed E-state index contributed by atoms with van der Waals surface area (Å²) in [6.45, 7) is 0.704. The number of hydrogen-bond acceptors (Lipinski definition) is 9. The number of nitrogens with one attached hydrogen (secondary N) is 4. The molecule has 1 fully saturated rings. The van der Waals surface area contributed by atoms with Gasteiger partial charge in [-0.2, -0.15) is 5.01 Å². The van der Waals surface area contributed by atoms with Gasteiger partial charge in [-0.15, -0.1) is 0 Å². The van der Waals surface area contributed by atoms with Gasteiger partial charge < -0.3 is 35.5 Å². The number of imide groups is 1. The number of aromatic amines is 1. The smallest absolute Gasteiger partial charge is 0.408 e. The zero-order valence-electron chi connectivity index (χ0n) is 23.0. The standard InChI is InChI=1S/C27H31N7O8/c1-16(35)33(14-22(24(37)38)32-27(40)42-15-17-7-4-3-5-8-17)34-23(36)20(31-26(34)39)9-6-12-28-25-29-19-11-10-18(41-2)13-21(19)30-25/h3-5,7-8,10-11,13,20,22H,6,9,12,14-15H2,1-2H3,(H,31,39)(H,32,40)(H,37,38)(H2,28,29,30)/t20-,22-/m0/s1. The molecule has 0 radical (unpaired) electrons. The molecule has 222 valence electrons. The molecular weight excluding hydrogens is 550 g/mol. The second kappa shape index (κ2) is 13.3. The Hall–Kier alpha value is -5.34. The van der Waals surface area contributed by atoms with E-state index in [1.807, 2.05) is 12.1 Å². The number of urea groups is 1. The van der Waals surface area contributed by atoms with Crippen molar-refractivity contribution in [3.05, 3.63) is 54.1 Å². The monoisotopic (exact) mass is 581 g/mol. The quantitative estimate of drug-likeness (QED) is 0.147. The molecule has 0 aliphatic carbocycles. The fraction of sp³-hybridized carbons (Fsp3) is 0.333. The molecule has 5 amide bonds. The van der Waals surface area contributed by atoms with Crippen molar-refractivity contribution in [3.8, 4) is 5.75 Å². The Labute approximate surface area is 240 Å². The molecular formula is C27H31N7O8. The van der Waals surface area contributed by atoms with Crippen molar-refractivity contribution in [1.82, 2.24) is 30.6 Å². The SMILES string of the molecule is COc1ccc2nc(NCCC[C@@H]3NC(=O)N(N(C[C@H](NC(=O)OCc4ccccc4)C(=O)O)C(C)=O)C3=O)[nH]c2c1. The van der Waals surface area contributed by atoms with Gasteiger partial charge in [-0.1, -0.05) is 30.3 Å². The van der Waals surface area contributed by atoms with Crippen molar-refractivity contribution in [3.63, 3.8) is 0 Å². The Bertz CT molecular complexity index is 1460. The lowest BCUT2D eigenvalue weighted by Gasteiger charge is -2.30. The number of carboxylic acid groups (broad SMARTS) is 1. The number of anilines is 1. The van der Waals surface area contributed by atoms with Gasteiger partial charge in [-0.3, -0.25) is 9.59 Å². The summed E-state index contributed by atoms with van der Waals surface area (Å²) in [6.07, 6.45) is -0.349. The number of carboxylic acids is 1. The van der Waals surface area contributed by atoms with Gasteiger partial charge in [0.2, 0.25) is 11.9 Å². The van der Waals surface area contributed by atoms with Gasteiger partial charge in [-0.05, 0) is 30.5 Å². The van der Waals surface area contributed by atoms with E-state index in [0.29, 0.717) is 40.2 Å². The number of benzene rings is 2. The van der Waals surface area contributed by atoms with Crippen molar-refractivity contribution in [2.75, 3.05) is 25.5 Å². The number of nitrogens with zero attached hydrogens (tertiary/aromatic N) is 3. The Morgan fingerprint density at radius 1 is 1.17 bits per heavy atom. The maximum Gasteiger partial charge on any atom is 0.408 e. The third kappa shape index (κ3) is 7.24. The lowest BCUT2D eigenvalue weighted by Crippen LogP contribution is -2.57. The van der Waals surface area contributed by atoms with Crippen molar-refractivity contribution < 1.29 is 38.6 Å². The number of hydrogen-bond donors (Lipinski definition) is 5. The number of H-pyrrole nitrogens is 1. The highest BCUT2D eigenvalue weighted by Gasteiger charge is 2.43. The molecule has 2 aromatic carbocycles. The van der Waals surface area contributed by atoms with Crippen LogP contribution in [-0.2, 0) is 25.7 Å². The molecule has 1 aliphatic rings. The highest BCUT2D eigenvalue weighted by molar-refractivity contribution is 6.05. The van der Waals surface area contributed by atoms with E-state index in [2.05, 4.69) is 25.9 Å². The minimum Gasteiger partial charge on any atom is -0.497 e. The number of rotatable bonds is 13. The van der Waals surface area contributed by atoms with E-state index in [4.69, 9.17) is 9.47 Å². The number of imidazole rings is 1. The van der Waals surface area contributed by atoms with Crippen molar-refractivity contribution in [2.24, 2.45) is 0 Å². The van der Waals surface area contributed by atoms with E-state index in [9.17, 15) is 29.1 Å². The van der Waals surface area contributed by atoms with Gasteiger partial charge in [0.25, 0.3) is 5.91 Å². The van der Waals surface area contributed by atoms with Gasteiger partial charge in [0, 0.05) is 19.5 Å². The van der Waals surface area contributed by atoms with E-state index in [-0.39, 0.29) is 13.0 Å². The fourth-order valence-electron chi connectivity index (χ4n) is 4.27. The molecule has 4 rings (SSSR count). The first kappa shape index (κ1) is 29.6. The number of fused-ring (bicyclic) bond motifs is 1. The Morgan fingerprint density at radius 3 is 2.62 bits per heavy atom. The lowest BCUT2D eigenvalue weighted by molar-refractivity contribution is -0.156. The molecule has 2 atom stereocenters. The average molecular weight is 582 g/mol. The summed E-state index contributed by atoms with van der Waals surface area (Å²) >= 11 is 0. The molecule has 1 aliphatic heterocycles. The van der Waals surface area contributed by atoms with E-state index in [1.54, 1.807) is 43.5 Å². The van der Waals surface area contributed by atoms with Crippen LogP contribution in [0.15, 0.2) is 48.5 Å². The summed E-state index contributed by atoms with van der Waals surface area (Å²) in [6, 6.07) is 10.7. The number of amides is 5. The maximum absolute atomic E-state index is 13.1. The number of alkyl carbamates (subject to hydrolysis) is 1. The van der Waals surface area contributed by atoms with E-state index in [1.165, 1.54) is 0 Å². The van der Waals surface area contributed by atoms with Gasteiger partial charge >= 0.3 is 18.1 Å². The first-order valence-electron chi connectivity index (χ1n) is 13.1. The van der Waals surface area contributed by atoms with Crippen molar-refractivity contribution in [1.29, 1.82) is 0 Å². The predicted octanol–water partition coefficient (Wildman–Crippen LogP) is 1.83. The summed E-state index contributed by atoms with van der Waals surface area (Å²) in [7, 11) is 1.57. The van der Waals surface area contributed by atoms with Crippen LogP contribution in [0.2, 0.25) is 0 Å². The number of methoxy groups -OCH3 is 1. The topological polar surface area (TPSA) is 195 Å². The minimum absolute atomic E-state index is 0.107. The zero-order valence-corrected chi connectivity index (χ0v) is 23.0. The van der Waals surface area contributed by atoms with Gasteiger partial charge in [0.15, 0.2) is 0 Å². The molecule has 42 heavy (non-hydrogen) atoms. The van der Waals surface area contributed by atoms with Crippen LogP contribution in [0.1, 0.15) is 25.3 Å². The number of carbonyl (C=O) groups is 5. The molecule has 3 aromatic rings. The highest BCUT2D eigenvalue weighted by Crippen LogP contribution is 2.21. The molecule has 5 N–H and O–H groups in total. The molecule has 0 saturated carbocycles. The number of hydrazine groups is 1. The number of aromatic nitrogens is 2. The second-order valence-corrected chi connectivity index (χ2v) is 9.39. The lowest BCUT2D eigenvalue weighted by atomic mass is 10.1. The van der Waals surface area contributed by atoms with E-state index >= 15 is 0 Å². The summed E-state index contributed by atoms with van der Waals surface area (Å²) < 4.78 is 10.3. The normalized spacial score (nSPS) is 15.2. The van der Waals surface area contributed by atoms with Crippen LogP contribution >= 0.6 is 0 Å². The summed E-state index contributed by atoms with van der Waals surface area (Å²) in [5.74, 6) is -1.77. The van der Waals surface area contributed by atoms with Crippen LogP contribution < -0.4 is 20.7 Å². The summed E-state index contributed by atoms with van der Waals surface area (Å²) in [5, 5.41) is 18.7. The van der Waals surface area contributed by atoms with Crippen LogP contribution in [0.3, 0.4) is 0 Å². The van der Waals surface area contributed by atoms with Crippen LogP contribution in [0.4, 0.5) is 15.5 Å². The Kier molecular flexibility index (Phi) is 9.42. The Balaban J connectivity index is 1.30. The number of ether oxygens (including phenoxy) is 2. The van der Waals surface area contributed by atoms with Crippen LogP contribution in [0.25, 0.3) is 11.0 Å². The largest absolute Gasteiger partial charge is 0.497 e. The summed E-state index contributed by atoms with van der Waals surface area (Å²) in [4.78, 5) is 69.8. The maximum atomic E-state index is 13.1. The fourth-order valence-corrected chi connectivity index (χ4v) is 4.27. The molecule has 0 spiro atoms. The first-order chi connectivity index (χ1) is 20.2. The molecule has 1 aromatic heterocycles. The zero-order chi connectivity index (χ0) is 30.2. The van der Waals surface area contributed by atoms with E-state index < -0.39 is 48.5 Å². The Morgan fingerprint density at radius 2 is 1.93 bits per heavy atom. The third-order valence-electron chi connectivity index (χ3n) is 6.41. The van der Waals surface area contributed by atoms with Crippen molar-refractivity contribution in [2.45, 2.75) is 38.5 Å². The summed E-state index contributed by atoms with van der Waals surface area (Å²) in [5.41, 5.74) is 2.22. The van der Waals surface area contributed by atoms with Gasteiger partial charge in [0.05, 0.1) is 24.7 Å². The van der Waals surface area contributed by atoms with Crippen molar-refractivity contribution >= 4 is 46.9 Å². The van der Waals surface area contributed by atoms with Gasteiger partial charge in [0.1, 0.15) is 24.4 Å². The molecule has 0 unspecified atom stereocenters. The molecule has 2 heterocycles. The number of aliphatic carboxylic acids is 1. The second-order valence-electron chi connectivity index (χ2n) is 9.39. The van der Waals surface area contributed by atoms with Crippen LogP contribution in [-0.4, -0.2) is 87.3 Å². The van der Waals surface area contributed by atoms with Gasteiger partial charge in [-0.25, -0.2) is 24.4 Å². The van der Waals surface area contributed by atoms with Crippen LogP contribution in [0.5, 0.6) is 5.75 Å². The molecule has 15 heteroatoms. The molecule has 15 nitrogen and oxygen atoms in total. The first-order valence-corrected chi connectivity index (χ1v) is 13.1.